The van der Waals surface area contributed by atoms with Crippen LogP contribution in [-0.4, -0.2) is 50.7 Å². The molecule has 0 aromatic carbocycles. The predicted molar refractivity (Wildman–Crippen MR) is 86.6 cm³/mol. The van der Waals surface area contributed by atoms with E-state index in [1.807, 2.05) is 17.9 Å². The minimum Gasteiger partial charge on any atom is -0.368 e. The number of carbonyl (C=O) groups excluding carboxylic acids is 1. The monoisotopic (exact) mass is 327 g/mol. The zero-order chi connectivity index (χ0) is 16.5. The van der Waals surface area contributed by atoms with Gasteiger partial charge in [-0.15, -0.1) is 0 Å². The van der Waals surface area contributed by atoms with Gasteiger partial charge in [-0.3, -0.25) is 9.89 Å². The van der Waals surface area contributed by atoms with E-state index >= 15 is 0 Å². The highest BCUT2D eigenvalue weighted by Gasteiger charge is 2.30. The quantitative estimate of drug-likeness (QED) is 0.906. The average molecular weight is 327 g/mol. The molecule has 1 aliphatic heterocycles. The van der Waals surface area contributed by atoms with Gasteiger partial charge in [0.1, 0.15) is 11.9 Å². The van der Waals surface area contributed by atoms with E-state index in [1.54, 1.807) is 6.20 Å². The molecule has 1 N–H and O–H groups in total. The van der Waals surface area contributed by atoms with E-state index in [9.17, 15) is 4.79 Å². The molecule has 1 unspecified atom stereocenters. The van der Waals surface area contributed by atoms with E-state index in [0.29, 0.717) is 31.2 Å². The molecule has 7 heteroatoms. The van der Waals surface area contributed by atoms with Gasteiger partial charge in [0, 0.05) is 24.0 Å². The molecule has 0 radical (unpaired) electrons. The highest BCUT2D eigenvalue weighted by molar-refractivity contribution is 5.94. The van der Waals surface area contributed by atoms with Gasteiger partial charge in [0.2, 0.25) is 0 Å². The third kappa shape index (κ3) is 2.80. The van der Waals surface area contributed by atoms with Crippen molar-refractivity contribution in [2.75, 3.05) is 19.7 Å². The summed E-state index contributed by atoms with van der Waals surface area (Å²) in [5, 5.41) is 7.35. The van der Waals surface area contributed by atoms with E-state index in [2.05, 4.69) is 20.2 Å². The van der Waals surface area contributed by atoms with E-state index in [0.717, 1.165) is 42.6 Å². The van der Waals surface area contributed by atoms with Gasteiger partial charge in [-0.2, -0.15) is 5.10 Å². The molecule has 1 aliphatic carbocycles. The van der Waals surface area contributed by atoms with Crippen LogP contribution in [0.5, 0.6) is 0 Å². The topological polar surface area (TPSA) is 84.0 Å². The number of H-pyrrole nitrogens is 1. The molecule has 1 saturated heterocycles. The number of aromatic amines is 1. The van der Waals surface area contributed by atoms with E-state index < -0.39 is 0 Å². The fourth-order valence-electron chi connectivity index (χ4n) is 3.47. The minimum atomic E-state index is -0.209. The third-order valence-corrected chi connectivity index (χ3v) is 4.74. The molecule has 1 atom stereocenters. The van der Waals surface area contributed by atoms with Crippen LogP contribution in [0.25, 0.3) is 0 Å². The molecular formula is C17H21N5O2. The first-order valence-corrected chi connectivity index (χ1v) is 8.49. The van der Waals surface area contributed by atoms with Crippen molar-refractivity contribution in [2.24, 2.45) is 0 Å². The van der Waals surface area contributed by atoms with Crippen LogP contribution in [0.1, 0.15) is 52.2 Å². The Hall–Kier alpha value is -2.28. The largest absolute Gasteiger partial charge is 0.368 e. The number of amides is 1. The maximum Gasteiger partial charge on any atom is 0.274 e. The zero-order valence-corrected chi connectivity index (χ0v) is 13.8. The van der Waals surface area contributed by atoms with Crippen molar-refractivity contribution in [1.82, 2.24) is 25.1 Å². The number of hydrogen-bond acceptors (Lipinski definition) is 5. The maximum absolute atomic E-state index is 12.9. The second kappa shape index (κ2) is 6.32. The van der Waals surface area contributed by atoms with Gasteiger partial charge in [-0.05, 0) is 38.7 Å². The molecule has 1 fully saturated rings. The third-order valence-electron chi connectivity index (χ3n) is 4.74. The Morgan fingerprint density at radius 1 is 1.38 bits per heavy atom. The molecule has 0 bridgehead atoms. The van der Waals surface area contributed by atoms with Gasteiger partial charge < -0.3 is 9.64 Å². The molecule has 2 aromatic rings. The summed E-state index contributed by atoms with van der Waals surface area (Å²) in [6.07, 6.45) is 5.73. The lowest BCUT2D eigenvalue weighted by Crippen LogP contribution is -2.43. The number of morpholine rings is 1. The lowest BCUT2D eigenvalue weighted by atomic mass is 9.95. The van der Waals surface area contributed by atoms with Crippen LogP contribution in [0.2, 0.25) is 0 Å². The number of nitrogens with zero attached hydrogens (tertiary/aromatic N) is 4. The normalized spacial score (nSPS) is 20.7. The van der Waals surface area contributed by atoms with Crippen molar-refractivity contribution >= 4 is 5.91 Å². The fourth-order valence-corrected chi connectivity index (χ4v) is 3.47. The highest BCUT2D eigenvalue weighted by atomic mass is 16.5. The van der Waals surface area contributed by atoms with E-state index in [4.69, 9.17) is 4.74 Å². The fraction of sp³-hybridized carbons (Fsp3) is 0.529. The van der Waals surface area contributed by atoms with Gasteiger partial charge >= 0.3 is 0 Å². The summed E-state index contributed by atoms with van der Waals surface area (Å²) in [5.41, 5.74) is 3.64. The summed E-state index contributed by atoms with van der Waals surface area (Å²) in [7, 11) is 0. The minimum absolute atomic E-state index is 0.00604. The number of hydrogen-bond donors (Lipinski definition) is 1. The van der Waals surface area contributed by atoms with Crippen LogP contribution < -0.4 is 0 Å². The maximum atomic E-state index is 12.9. The highest BCUT2D eigenvalue weighted by Crippen LogP contribution is 2.25. The predicted octanol–water partition coefficient (Wildman–Crippen LogP) is 1.60. The molecule has 0 saturated carbocycles. The molecule has 2 aliphatic rings. The van der Waals surface area contributed by atoms with Gasteiger partial charge in [0.05, 0.1) is 18.8 Å². The number of rotatable bonds is 2. The Bertz CT molecular complexity index is 757. The zero-order valence-electron chi connectivity index (χ0n) is 13.8. The lowest BCUT2D eigenvalue weighted by Gasteiger charge is -2.32. The van der Waals surface area contributed by atoms with E-state index in [1.165, 1.54) is 0 Å². The van der Waals surface area contributed by atoms with E-state index in [-0.39, 0.29) is 12.0 Å². The van der Waals surface area contributed by atoms with Crippen molar-refractivity contribution in [2.45, 2.75) is 38.7 Å². The number of aromatic nitrogens is 4. The number of aryl methyl sites for hydroxylation is 2. The van der Waals surface area contributed by atoms with Crippen molar-refractivity contribution in [3.8, 4) is 0 Å². The van der Waals surface area contributed by atoms with Crippen LogP contribution in [0.15, 0.2) is 12.3 Å². The van der Waals surface area contributed by atoms with Crippen LogP contribution in [0, 0.1) is 6.92 Å². The summed E-state index contributed by atoms with van der Waals surface area (Å²) in [5.74, 6) is 0.703. The first kappa shape index (κ1) is 15.3. The second-order valence-electron chi connectivity index (χ2n) is 6.38. The molecule has 0 spiro atoms. The molecule has 126 valence electrons. The molecule has 3 heterocycles. The van der Waals surface area contributed by atoms with Crippen molar-refractivity contribution in [3.63, 3.8) is 0 Å². The van der Waals surface area contributed by atoms with Crippen LogP contribution >= 0.6 is 0 Å². The summed E-state index contributed by atoms with van der Waals surface area (Å²) in [4.78, 5) is 23.3. The van der Waals surface area contributed by atoms with Gasteiger partial charge in [0.25, 0.3) is 5.91 Å². The molecule has 7 nitrogen and oxygen atoms in total. The first-order chi connectivity index (χ1) is 11.7. The van der Waals surface area contributed by atoms with Gasteiger partial charge in [-0.25, -0.2) is 9.97 Å². The Morgan fingerprint density at radius 3 is 3.12 bits per heavy atom. The Morgan fingerprint density at radius 2 is 2.25 bits per heavy atom. The lowest BCUT2D eigenvalue weighted by molar-refractivity contribution is -0.0250. The summed E-state index contributed by atoms with van der Waals surface area (Å²) in [6.45, 7) is 3.44. The first-order valence-electron chi connectivity index (χ1n) is 8.49. The van der Waals surface area contributed by atoms with Crippen molar-refractivity contribution in [3.05, 3.63) is 40.7 Å². The summed E-state index contributed by atoms with van der Waals surface area (Å²) < 4.78 is 5.82. The number of fused-ring (bicyclic) bond motifs is 1. The molecule has 2 aromatic heterocycles. The number of ether oxygens (including phenoxy) is 1. The number of carbonyl (C=O) groups is 1. The Balaban J connectivity index is 1.54. The van der Waals surface area contributed by atoms with Crippen molar-refractivity contribution < 1.29 is 9.53 Å². The van der Waals surface area contributed by atoms with Gasteiger partial charge in [-0.1, -0.05) is 0 Å². The van der Waals surface area contributed by atoms with Crippen molar-refractivity contribution in [1.29, 1.82) is 0 Å². The Labute approximate surface area is 140 Å². The number of nitrogens with one attached hydrogen (secondary N) is 1. The SMILES string of the molecule is Cc1nccc(C2CN(C(=O)c3n[nH]c4c3CCCC4)CCO2)n1. The Kier molecular flexibility index (Phi) is 4.02. The van der Waals surface area contributed by atoms with Crippen LogP contribution in [-0.2, 0) is 17.6 Å². The molecule has 1 amide bonds. The van der Waals surface area contributed by atoms with Crippen LogP contribution in [0.3, 0.4) is 0 Å². The molecule has 24 heavy (non-hydrogen) atoms. The smallest absolute Gasteiger partial charge is 0.274 e. The standard InChI is InChI=1S/C17H21N5O2/c1-11-18-7-6-14(19-11)15-10-22(8-9-24-15)17(23)16-12-4-2-3-5-13(12)20-21-16/h6-7,15H,2-5,8-10H2,1H3,(H,20,21). The van der Waals surface area contributed by atoms with Gasteiger partial charge in [0.15, 0.2) is 5.69 Å². The second-order valence-corrected chi connectivity index (χ2v) is 6.38. The van der Waals surface area contributed by atoms with Crippen LogP contribution in [0.4, 0.5) is 0 Å². The molecule has 4 rings (SSSR count). The summed E-state index contributed by atoms with van der Waals surface area (Å²) >= 11 is 0. The summed E-state index contributed by atoms with van der Waals surface area (Å²) in [6, 6.07) is 1.85. The molecular weight excluding hydrogens is 306 g/mol. The average Bonchev–Trinajstić information content (AvgIpc) is 3.05.